The number of aromatic nitrogens is 2. The minimum absolute atomic E-state index is 0.0561. The van der Waals surface area contributed by atoms with Crippen molar-refractivity contribution >= 4 is 16.5 Å². The lowest BCUT2D eigenvalue weighted by Gasteiger charge is -2.57. The molecule has 1 aromatic carbocycles. The first kappa shape index (κ1) is 22.9. The fourth-order valence-corrected chi connectivity index (χ4v) is 8.56. The highest BCUT2D eigenvalue weighted by Crippen LogP contribution is 2.69. The van der Waals surface area contributed by atoms with Crippen LogP contribution in [0.4, 0.5) is 0 Å². The number of ether oxygens (including phenoxy) is 1. The molecule has 2 spiro atoms. The van der Waals surface area contributed by atoms with Crippen LogP contribution in [-0.2, 0) is 4.74 Å². The van der Waals surface area contributed by atoms with E-state index in [4.69, 9.17) is 4.74 Å². The van der Waals surface area contributed by atoms with Gasteiger partial charge in [-0.15, -0.1) is 0 Å². The quantitative estimate of drug-likeness (QED) is 0.593. The van der Waals surface area contributed by atoms with Crippen molar-refractivity contribution in [2.45, 2.75) is 75.9 Å². The van der Waals surface area contributed by atoms with Gasteiger partial charge in [0.2, 0.25) is 0 Å². The van der Waals surface area contributed by atoms with Crippen molar-refractivity contribution in [3.63, 3.8) is 0 Å². The number of aryl methyl sites for hydroxylation is 1. The van der Waals surface area contributed by atoms with Gasteiger partial charge in [-0.3, -0.25) is 5.10 Å². The molecule has 190 valence electrons. The van der Waals surface area contributed by atoms with Crippen LogP contribution in [0.2, 0.25) is 0 Å². The third kappa shape index (κ3) is 2.63. The topological polar surface area (TPSA) is 81.6 Å². The molecule has 5 aliphatic rings. The van der Waals surface area contributed by atoms with Crippen molar-refractivity contribution in [3.8, 4) is 0 Å². The Labute approximate surface area is 212 Å². The summed E-state index contributed by atoms with van der Waals surface area (Å²) in [6.07, 6.45) is 8.92. The number of nitrogens with zero attached hydrogens (tertiary/aromatic N) is 2. The number of rotatable bonds is 2. The molecule has 36 heavy (non-hydrogen) atoms. The van der Waals surface area contributed by atoms with Crippen LogP contribution in [0.5, 0.6) is 0 Å². The van der Waals surface area contributed by atoms with E-state index in [1.54, 1.807) is 0 Å². The predicted octanol–water partition coefficient (Wildman–Crippen LogP) is 4.14. The van der Waals surface area contributed by atoms with Gasteiger partial charge in [-0.2, -0.15) is 5.10 Å². The Bertz CT molecular complexity index is 1370. The number of fused-ring (bicyclic) bond motifs is 2. The number of hydrogen-bond donors (Lipinski definition) is 3. The summed E-state index contributed by atoms with van der Waals surface area (Å²) in [6.45, 7) is 6.85. The van der Waals surface area contributed by atoms with Gasteiger partial charge in [0, 0.05) is 28.5 Å². The molecular weight excluding hydrogens is 450 g/mol. The third-order valence-corrected chi connectivity index (χ3v) is 10.7. The molecule has 3 heterocycles. The molecule has 1 saturated heterocycles. The fraction of sp³-hybridized carbons (Fsp3) is 0.567. The first-order valence-corrected chi connectivity index (χ1v) is 13.4. The summed E-state index contributed by atoms with van der Waals surface area (Å²) in [4.78, 5) is 2.04. The summed E-state index contributed by atoms with van der Waals surface area (Å²) < 4.78 is 7.29. The van der Waals surface area contributed by atoms with E-state index < -0.39 is 17.8 Å². The smallest absolute Gasteiger partial charge is 0.105 e. The minimum Gasteiger partial charge on any atom is -0.388 e. The van der Waals surface area contributed by atoms with Crippen LogP contribution in [0.1, 0.15) is 50.8 Å². The highest BCUT2D eigenvalue weighted by atomic mass is 16.5. The molecule has 2 aromatic rings. The zero-order chi connectivity index (χ0) is 25.2. The molecule has 2 bridgehead atoms. The molecule has 3 aliphatic carbocycles. The number of likely N-dealkylation sites (N-methyl/N-ethyl adjacent to an activating group) is 1. The Morgan fingerprint density at radius 2 is 2.00 bits per heavy atom. The largest absolute Gasteiger partial charge is 0.388 e. The summed E-state index contributed by atoms with van der Waals surface area (Å²) in [6, 6.07) is 6.52. The van der Waals surface area contributed by atoms with Crippen molar-refractivity contribution in [3.05, 3.63) is 58.8 Å². The lowest BCUT2D eigenvalue weighted by atomic mass is 9.54. The molecule has 7 rings (SSSR count). The van der Waals surface area contributed by atoms with Crippen molar-refractivity contribution in [1.29, 1.82) is 0 Å². The van der Waals surface area contributed by atoms with Crippen LogP contribution in [0.25, 0.3) is 16.5 Å². The second-order valence-electron chi connectivity index (χ2n) is 12.4. The molecule has 8 atom stereocenters. The number of benzene rings is 1. The molecule has 1 aromatic heterocycles. The summed E-state index contributed by atoms with van der Waals surface area (Å²) in [7, 11) is 3.96. The number of allylic oxidation sites excluding steroid dienone is 3. The average molecular weight is 488 g/mol. The number of aliphatic hydroxyl groups is 2. The monoisotopic (exact) mass is 487 g/mol. The first-order valence-electron chi connectivity index (χ1n) is 13.4. The minimum atomic E-state index is -0.894. The normalized spacial score (nSPS) is 43.1. The molecule has 8 unspecified atom stereocenters. The van der Waals surface area contributed by atoms with E-state index in [2.05, 4.69) is 67.4 Å². The number of aromatic amines is 1. The Morgan fingerprint density at radius 1 is 1.19 bits per heavy atom. The fourth-order valence-electron chi connectivity index (χ4n) is 8.56. The molecule has 6 heteroatoms. The van der Waals surface area contributed by atoms with E-state index in [9.17, 15) is 10.2 Å². The van der Waals surface area contributed by atoms with Crippen LogP contribution in [0, 0.1) is 24.2 Å². The number of hydrogen-bond acceptors (Lipinski definition) is 5. The van der Waals surface area contributed by atoms with Crippen molar-refractivity contribution in [1.82, 2.24) is 15.1 Å². The molecule has 6 nitrogen and oxygen atoms in total. The maximum absolute atomic E-state index is 11.2. The van der Waals surface area contributed by atoms with E-state index in [-0.39, 0.29) is 17.1 Å². The molecule has 3 N–H and O–H groups in total. The van der Waals surface area contributed by atoms with E-state index >= 15 is 0 Å². The highest BCUT2D eigenvalue weighted by Gasteiger charge is 2.68. The summed E-state index contributed by atoms with van der Waals surface area (Å²) in [5.74, 6) is 0.641. The van der Waals surface area contributed by atoms with Gasteiger partial charge in [0.05, 0.1) is 22.8 Å². The number of aliphatic hydroxyl groups excluding tert-OH is 2. The first-order chi connectivity index (χ1) is 17.1. The molecule has 2 fully saturated rings. The van der Waals surface area contributed by atoms with Crippen LogP contribution in [0.3, 0.4) is 0 Å². The number of nitrogens with one attached hydrogen (secondary N) is 1. The van der Waals surface area contributed by atoms with Crippen LogP contribution >= 0.6 is 0 Å². The van der Waals surface area contributed by atoms with Crippen LogP contribution in [-0.4, -0.2) is 68.9 Å². The third-order valence-electron chi connectivity index (χ3n) is 10.7. The molecule has 0 radical (unpaired) electrons. The Morgan fingerprint density at radius 3 is 2.78 bits per heavy atom. The predicted molar refractivity (Wildman–Crippen MR) is 140 cm³/mol. The van der Waals surface area contributed by atoms with E-state index in [1.807, 2.05) is 19.0 Å². The van der Waals surface area contributed by atoms with E-state index in [1.165, 1.54) is 22.1 Å². The molecular formula is C30H37N3O3. The van der Waals surface area contributed by atoms with Gasteiger partial charge in [0.1, 0.15) is 6.10 Å². The zero-order valence-corrected chi connectivity index (χ0v) is 21.9. The highest BCUT2D eigenvalue weighted by molar-refractivity contribution is 5.87. The Balaban J connectivity index is 1.33. The van der Waals surface area contributed by atoms with Gasteiger partial charge in [0.25, 0.3) is 0 Å². The second-order valence-corrected chi connectivity index (χ2v) is 12.4. The SMILES string of the molecule is Cc1[nH]nc2ccc(C3=CCC4C56CCC7(CC(N(C)C)C(O)C(O)C7=CC5=CC(C)C34C)O6)cc12. The number of H-pyrrole nitrogens is 1. The molecule has 0 amide bonds. The lowest BCUT2D eigenvalue weighted by Crippen LogP contribution is -2.62. The zero-order valence-electron chi connectivity index (χ0n) is 21.9. The Kier molecular flexibility index (Phi) is 4.58. The average Bonchev–Trinajstić information content (AvgIpc) is 3.50. The van der Waals surface area contributed by atoms with Crippen molar-refractivity contribution in [2.75, 3.05) is 14.1 Å². The Hall–Kier alpha value is -2.25. The maximum atomic E-state index is 11.2. The van der Waals surface area contributed by atoms with Gasteiger partial charge in [-0.25, -0.2) is 0 Å². The molecule has 1 saturated carbocycles. The molecule has 2 aliphatic heterocycles. The van der Waals surface area contributed by atoms with Crippen LogP contribution in [0.15, 0.2) is 47.6 Å². The van der Waals surface area contributed by atoms with Gasteiger partial charge in [0.15, 0.2) is 0 Å². The van der Waals surface area contributed by atoms with Crippen molar-refractivity contribution < 1.29 is 14.9 Å². The summed E-state index contributed by atoms with van der Waals surface area (Å²) in [5, 5.41) is 30.9. The van der Waals surface area contributed by atoms with Gasteiger partial charge >= 0.3 is 0 Å². The standard InChI is InChI=1S/C30H37N3O3/c1-16-12-19-14-22-26(34)27(35)24(33(4)5)15-29(22)10-11-30(19,36-29)25-9-7-21(28(16,25)3)18-6-8-23-20(13-18)17(2)31-32-23/h6-8,12-14,16,24-27,34-35H,9-11,15H2,1-5H3,(H,31,32). The van der Waals surface area contributed by atoms with E-state index in [0.29, 0.717) is 11.8 Å². The second kappa shape index (κ2) is 7.19. The van der Waals surface area contributed by atoms with Gasteiger partial charge in [-0.1, -0.05) is 38.1 Å². The van der Waals surface area contributed by atoms with E-state index in [0.717, 1.165) is 42.5 Å². The van der Waals surface area contributed by atoms with Crippen LogP contribution < -0.4 is 0 Å². The maximum Gasteiger partial charge on any atom is 0.105 e. The summed E-state index contributed by atoms with van der Waals surface area (Å²) >= 11 is 0. The lowest BCUT2D eigenvalue weighted by molar-refractivity contribution is -0.165. The van der Waals surface area contributed by atoms with Gasteiger partial charge in [-0.05, 0) is 87.0 Å². The van der Waals surface area contributed by atoms with Gasteiger partial charge < -0.3 is 19.8 Å². The summed E-state index contributed by atoms with van der Waals surface area (Å²) in [5.41, 5.74) is 6.00. The van der Waals surface area contributed by atoms with Crippen molar-refractivity contribution in [2.24, 2.45) is 17.3 Å².